The minimum Gasteiger partial charge on any atom is -0.505 e. The first-order chi connectivity index (χ1) is 38.3. The maximum atomic E-state index is 12.0. The van der Waals surface area contributed by atoms with Crippen LogP contribution in [0.5, 0.6) is 17.2 Å². The number of hydrogen-bond donors (Lipinski definition) is 4. The highest BCUT2D eigenvalue weighted by Crippen LogP contribution is 2.41. The molecule has 420 valence electrons. The normalized spacial score (nSPS) is 11.7. The van der Waals surface area contributed by atoms with Crippen LogP contribution in [0.1, 0.15) is 34.2 Å². The fraction of sp³-hybridized carbons (Fsp3) is 0.170. The Kier molecular flexibility index (Phi) is 20.5. The number of hydrogen-bond acceptors (Lipinski definition) is 22. The quantitative estimate of drug-likeness (QED) is 0.0374. The molecular weight excluding hydrogens is 1130 g/mol. The Morgan fingerprint density at radius 2 is 0.963 bits per heavy atom. The molecule has 0 aliphatic heterocycles. The van der Waals surface area contributed by atoms with Gasteiger partial charge in [0.15, 0.2) is 5.75 Å². The Hall–Kier alpha value is -9.06. The number of methoxy groups -OCH3 is 1. The number of aryl methyl sites for hydroxylation is 5. The van der Waals surface area contributed by atoms with Crippen molar-refractivity contribution in [2.45, 2.75) is 45.9 Å². The van der Waals surface area contributed by atoms with Crippen molar-refractivity contribution in [3.8, 4) is 17.2 Å². The molecule has 4 N–H and O–H groups in total. The fourth-order valence-electron chi connectivity index (χ4n) is 7.64. The SMILES string of the molecule is COc1ccc(Nc2ccc3c(O)c(N=Nc4cc(C)c(N=Nc5cc(C)c(N=Nc6cc(C)c(N=Nc7ccc8cccc(S(=O)(=O)O)c8c7)cc6C)cc5OCCCS(=O)(=O)O)cc4C)ccc3c2)cc1.O=S(=O)=O.O=S(=O)=O. The molecule has 0 bridgehead atoms. The summed E-state index contributed by atoms with van der Waals surface area (Å²) in [5.74, 6) is 0.508. The van der Waals surface area contributed by atoms with Gasteiger partial charge in [0, 0.05) is 28.2 Å². The molecule has 0 unspecified atom stereocenters. The first kappa shape index (κ1) is 61.2. The molecule has 0 aliphatic carbocycles. The summed E-state index contributed by atoms with van der Waals surface area (Å²) in [7, 11) is -13.3. The number of azo groups is 4. The Labute approximate surface area is 467 Å². The summed E-state index contributed by atoms with van der Waals surface area (Å²) in [4.78, 5) is -0.223. The molecule has 0 aliphatic rings. The van der Waals surface area contributed by atoms with Crippen LogP contribution < -0.4 is 14.8 Å². The number of fused-ring (bicyclic) bond motifs is 2. The number of nitrogens with one attached hydrogen (secondary N) is 1. The minimum absolute atomic E-state index is 0.00190. The molecule has 0 fully saturated rings. The summed E-state index contributed by atoms with van der Waals surface area (Å²) in [5.41, 5.74) is 9.04. The lowest BCUT2D eigenvalue weighted by molar-refractivity contribution is 0.317. The molecule has 24 nitrogen and oxygen atoms in total. The Balaban J connectivity index is 0.00000124. The van der Waals surface area contributed by atoms with E-state index in [-0.39, 0.29) is 29.4 Å². The van der Waals surface area contributed by atoms with Crippen LogP contribution in [0.4, 0.5) is 56.9 Å². The highest BCUT2D eigenvalue weighted by molar-refractivity contribution is 7.86. The molecule has 28 heteroatoms. The summed E-state index contributed by atoms with van der Waals surface area (Å²) in [6.07, 6.45) is 0.00382. The third-order valence-electron chi connectivity index (χ3n) is 11.6. The van der Waals surface area contributed by atoms with Crippen molar-refractivity contribution in [1.29, 1.82) is 0 Å². The van der Waals surface area contributed by atoms with Crippen LogP contribution in [0, 0.1) is 34.6 Å². The number of rotatable bonds is 17. The van der Waals surface area contributed by atoms with Gasteiger partial charge in [-0.25, -0.2) is 0 Å². The number of anilines is 2. The molecule has 81 heavy (non-hydrogen) atoms. The molecule has 0 saturated carbocycles. The zero-order valence-corrected chi connectivity index (χ0v) is 47.0. The van der Waals surface area contributed by atoms with Crippen LogP contribution in [-0.2, 0) is 41.5 Å². The van der Waals surface area contributed by atoms with E-state index in [0.29, 0.717) is 67.2 Å². The molecule has 0 aromatic heterocycles. The largest absolute Gasteiger partial charge is 0.505 e. The van der Waals surface area contributed by atoms with E-state index in [2.05, 4.69) is 46.2 Å². The van der Waals surface area contributed by atoms with E-state index in [0.717, 1.165) is 44.8 Å². The van der Waals surface area contributed by atoms with Crippen LogP contribution in [0.3, 0.4) is 0 Å². The monoisotopic (exact) mass is 1180 g/mol. The second-order valence-corrected chi connectivity index (χ2v) is 21.3. The van der Waals surface area contributed by atoms with Gasteiger partial charge in [-0.3, -0.25) is 9.11 Å². The highest BCUT2D eigenvalue weighted by Gasteiger charge is 2.16. The average Bonchev–Trinajstić information content (AvgIpc) is 3.43. The van der Waals surface area contributed by atoms with E-state index in [1.165, 1.54) is 6.07 Å². The van der Waals surface area contributed by atoms with Crippen LogP contribution in [0.25, 0.3) is 21.5 Å². The molecule has 0 heterocycles. The van der Waals surface area contributed by atoms with Gasteiger partial charge >= 0.3 is 21.2 Å². The van der Waals surface area contributed by atoms with Crippen molar-refractivity contribution >= 4 is 120 Å². The first-order valence-corrected chi connectivity index (χ1v) is 28.7. The fourth-order valence-corrected chi connectivity index (χ4v) is 8.83. The smallest absolute Gasteiger partial charge is 0.425 e. The average molecular weight is 1180 g/mol. The van der Waals surface area contributed by atoms with Crippen LogP contribution in [0.15, 0.2) is 173 Å². The molecule has 8 aromatic rings. The van der Waals surface area contributed by atoms with E-state index in [1.54, 1.807) is 67.8 Å². The van der Waals surface area contributed by atoms with E-state index < -0.39 is 47.2 Å². The highest BCUT2D eigenvalue weighted by atomic mass is 32.2. The van der Waals surface area contributed by atoms with Gasteiger partial charge in [-0.15, -0.1) is 35.5 Å². The topological polar surface area (TPSA) is 361 Å². The number of ether oxygens (including phenoxy) is 2. The van der Waals surface area contributed by atoms with Crippen molar-refractivity contribution in [3.05, 3.63) is 155 Å². The van der Waals surface area contributed by atoms with Gasteiger partial charge in [0.2, 0.25) is 0 Å². The van der Waals surface area contributed by atoms with E-state index >= 15 is 0 Å². The lowest BCUT2D eigenvalue weighted by Gasteiger charge is -2.11. The van der Waals surface area contributed by atoms with Crippen LogP contribution in [0.2, 0.25) is 0 Å². The first-order valence-electron chi connectivity index (χ1n) is 23.6. The van der Waals surface area contributed by atoms with Crippen molar-refractivity contribution in [1.82, 2.24) is 0 Å². The van der Waals surface area contributed by atoms with Gasteiger partial charge in [0.25, 0.3) is 20.2 Å². The molecule has 0 radical (unpaired) electrons. The maximum absolute atomic E-state index is 12.0. The van der Waals surface area contributed by atoms with Crippen molar-refractivity contribution in [2.75, 3.05) is 24.8 Å². The molecule has 8 aromatic carbocycles. The number of aromatic hydroxyl groups is 1. The van der Waals surface area contributed by atoms with E-state index in [4.69, 9.17) is 34.7 Å². The minimum atomic E-state index is -4.46. The van der Waals surface area contributed by atoms with Crippen molar-refractivity contribution in [2.24, 2.45) is 40.9 Å². The molecule has 0 spiro atoms. The summed E-state index contributed by atoms with van der Waals surface area (Å²) < 4.78 is 128. The Morgan fingerprint density at radius 1 is 0.494 bits per heavy atom. The van der Waals surface area contributed by atoms with Crippen molar-refractivity contribution < 1.29 is 65.8 Å². The van der Waals surface area contributed by atoms with Crippen LogP contribution >= 0.6 is 0 Å². The third-order valence-corrected chi connectivity index (χ3v) is 13.3. The molecule has 0 saturated heterocycles. The standard InChI is InChI=1S/C53H49N9O9S2.2O3S/c1-31-24-47(32(2)23-45(31)57-55-40-13-11-36-9-7-10-52(43(36)29-40)73(67,68)69)59-61-49-30-51(71-21-8-22-72(64,65)66)50(27-35(49)5)62-60-48-26-33(3)46(25-34(48)4)58-56-44-20-12-37-28-39(16-19-42(37)53(44)63)54-38-14-17-41(70-6)18-15-38;2*1-4(2)3/h7,9-20,23-30,54,63H,8,21-22H2,1-6H3,(H,64,65,66)(H,67,68,69);;. The predicted molar refractivity (Wildman–Crippen MR) is 301 cm³/mol. The van der Waals surface area contributed by atoms with Gasteiger partial charge in [-0.2, -0.15) is 47.5 Å². The zero-order valence-electron chi connectivity index (χ0n) is 43.7. The van der Waals surface area contributed by atoms with Crippen molar-refractivity contribution in [3.63, 3.8) is 0 Å². The third kappa shape index (κ3) is 17.7. The number of benzene rings is 8. The van der Waals surface area contributed by atoms with E-state index in [9.17, 15) is 31.0 Å². The zero-order chi connectivity index (χ0) is 59.2. The predicted octanol–water partition coefficient (Wildman–Crippen LogP) is 13.5. The Morgan fingerprint density at radius 3 is 1.48 bits per heavy atom. The number of nitrogens with zero attached hydrogens (tertiary/aromatic N) is 8. The second kappa shape index (κ2) is 27.2. The number of phenols is 1. The number of phenolic OH excluding ortho intramolecular Hbond substituents is 1. The van der Waals surface area contributed by atoms with Gasteiger partial charge in [-0.1, -0.05) is 24.3 Å². The molecular formula is C53H49N9O15S4. The second-order valence-electron chi connectivity index (χ2n) is 17.5. The van der Waals surface area contributed by atoms with Gasteiger partial charge in [0.1, 0.15) is 27.8 Å². The Bertz CT molecular complexity index is 4260. The summed E-state index contributed by atoms with van der Waals surface area (Å²) in [6, 6.07) is 36.9. The van der Waals surface area contributed by atoms with Gasteiger partial charge in [-0.05, 0) is 177 Å². The van der Waals surface area contributed by atoms with E-state index in [1.807, 2.05) is 95.3 Å². The molecule has 0 amide bonds. The molecule has 0 atom stereocenters. The summed E-state index contributed by atoms with van der Waals surface area (Å²) >= 11 is 0. The summed E-state index contributed by atoms with van der Waals surface area (Å²) in [6.45, 7) is 9.15. The lowest BCUT2D eigenvalue weighted by Crippen LogP contribution is -2.08. The van der Waals surface area contributed by atoms with Crippen LogP contribution in [-0.4, -0.2) is 75.8 Å². The van der Waals surface area contributed by atoms with Gasteiger partial charge < -0.3 is 19.9 Å². The molecule has 8 rings (SSSR count). The summed E-state index contributed by atoms with van der Waals surface area (Å²) in [5, 5.41) is 52.7. The van der Waals surface area contributed by atoms with Gasteiger partial charge in [0.05, 0.1) is 53.6 Å². The lowest BCUT2D eigenvalue weighted by atomic mass is 10.1. The maximum Gasteiger partial charge on any atom is 0.425 e.